The average Bonchev–Trinajstić information content (AvgIpc) is 2.83. The molecule has 97 valence electrons. The summed E-state index contributed by atoms with van der Waals surface area (Å²) < 4.78 is 5.54. The van der Waals surface area contributed by atoms with Gasteiger partial charge in [0.05, 0.1) is 7.11 Å². The second-order valence-corrected chi connectivity index (χ2v) is 4.65. The molecule has 1 aliphatic rings. The molecular weight excluding hydrogens is 236 g/mol. The van der Waals surface area contributed by atoms with Crippen LogP contribution >= 0.6 is 0 Å². The maximum absolute atomic E-state index is 5.54. The van der Waals surface area contributed by atoms with Crippen molar-refractivity contribution in [1.29, 1.82) is 0 Å². The number of methoxy groups -OCH3 is 1. The van der Waals surface area contributed by atoms with Crippen molar-refractivity contribution in [2.75, 3.05) is 31.8 Å². The number of benzene rings is 2. The van der Waals surface area contributed by atoms with Gasteiger partial charge < -0.3 is 15.4 Å². The maximum atomic E-state index is 5.54. The third-order valence-corrected chi connectivity index (χ3v) is 3.63. The van der Waals surface area contributed by atoms with Crippen LogP contribution in [0.5, 0.6) is 5.75 Å². The number of ether oxygens (including phenoxy) is 1. The Balaban J connectivity index is 2.18. The summed E-state index contributed by atoms with van der Waals surface area (Å²) in [5.41, 5.74) is 7.07. The molecule has 0 heterocycles. The first-order chi connectivity index (χ1) is 9.26. The predicted octanol–water partition coefficient (Wildman–Crippen LogP) is 3.15. The van der Waals surface area contributed by atoms with Crippen LogP contribution < -0.4 is 15.4 Å². The predicted molar refractivity (Wildman–Crippen MR) is 79.2 cm³/mol. The molecule has 0 spiro atoms. The first-order valence-corrected chi connectivity index (χ1v) is 6.38. The molecule has 0 fully saturated rings. The molecule has 2 N–H and O–H groups in total. The van der Waals surface area contributed by atoms with Gasteiger partial charge in [-0.25, -0.2) is 0 Å². The van der Waals surface area contributed by atoms with Crippen LogP contribution in [0.4, 0.5) is 11.4 Å². The van der Waals surface area contributed by atoms with E-state index in [1.807, 2.05) is 20.2 Å². The molecule has 2 aromatic rings. The lowest BCUT2D eigenvalue weighted by Crippen LogP contribution is -1.94. The highest BCUT2D eigenvalue weighted by atomic mass is 16.5. The molecule has 0 saturated heterocycles. The molecule has 19 heavy (non-hydrogen) atoms. The number of fused-ring (bicyclic) bond motifs is 3. The number of anilines is 2. The number of nitrogens with one attached hydrogen (secondary N) is 2. The molecule has 0 unspecified atom stereocenters. The van der Waals surface area contributed by atoms with Crippen LogP contribution in [-0.4, -0.2) is 21.2 Å². The third-order valence-electron chi connectivity index (χ3n) is 3.63. The van der Waals surface area contributed by atoms with Crippen LogP contribution in [0.1, 0.15) is 11.1 Å². The van der Waals surface area contributed by atoms with Crippen LogP contribution in [0.25, 0.3) is 11.1 Å². The highest BCUT2D eigenvalue weighted by Crippen LogP contribution is 2.44. The molecule has 0 saturated carbocycles. The molecule has 2 aromatic carbocycles. The number of hydrogen-bond donors (Lipinski definition) is 2. The molecule has 0 bridgehead atoms. The third kappa shape index (κ3) is 1.82. The van der Waals surface area contributed by atoms with Gasteiger partial charge in [-0.2, -0.15) is 0 Å². The largest absolute Gasteiger partial charge is 0.496 e. The summed E-state index contributed by atoms with van der Waals surface area (Å²) in [5.74, 6) is 0.911. The molecule has 3 nitrogen and oxygen atoms in total. The minimum Gasteiger partial charge on any atom is -0.496 e. The summed E-state index contributed by atoms with van der Waals surface area (Å²) in [4.78, 5) is 0. The van der Waals surface area contributed by atoms with E-state index in [1.54, 1.807) is 7.11 Å². The second kappa shape index (κ2) is 4.50. The van der Waals surface area contributed by atoms with E-state index in [9.17, 15) is 0 Å². The molecule has 0 amide bonds. The minimum atomic E-state index is 0.909. The Morgan fingerprint density at radius 3 is 2.68 bits per heavy atom. The van der Waals surface area contributed by atoms with Crippen molar-refractivity contribution >= 4 is 11.4 Å². The van der Waals surface area contributed by atoms with Gasteiger partial charge in [-0.3, -0.25) is 0 Å². The van der Waals surface area contributed by atoms with E-state index in [0.717, 1.165) is 23.5 Å². The van der Waals surface area contributed by atoms with Crippen molar-refractivity contribution in [3.8, 4) is 16.9 Å². The molecule has 3 heteroatoms. The van der Waals surface area contributed by atoms with Crippen LogP contribution in [0, 0.1) is 6.07 Å². The summed E-state index contributed by atoms with van der Waals surface area (Å²) >= 11 is 0. The zero-order valence-corrected chi connectivity index (χ0v) is 11.4. The Kier molecular flexibility index (Phi) is 2.82. The molecule has 1 radical (unpaired) electrons. The van der Waals surface area contributed by atoms with Crippen LogP contribution in [0.15, 0.2) is 24.3 Å². The van der Waals surface area contributed by atoms with E-state index in [0.29, 0.717) is 0 Å². The molecule has 0 aromatic heterocycles. The van der Waals surface area contributed by atoms with Gasteiger partial charge in [0.1, 0.15) is 5.75 Å². The van der Waals surface area contributed by atoms with Gasteiger partial charge in [-0.15, -0.1) is 0 Å². The first kappa shape index (κ1) is 11.9. The van der Waals surface area contributed by atoms with Crippen molar-refractivity contribution in [2.24, 2.45) is 0 Å². The molecule has 0 aliphatic heterocycles. The van der Waals surface area contributed by atoms with E-state index >= 15 is 0 Å². The van der Waals surface area contributed by atoms with Crippen LogP contribution in [0.2, 0.25) is 0 Å². The van der Waals surface area contributed by atoms with Gasteiger partial charge in [-0.1, -0.05) is 6.07 Å². The van der Waals surface area contributed by atoms with Gasteiger partial charge in [0.25, 0.3) is 0 Å². The van der Waals surface area contributed by atoms with Crippen molar-refractivity contribution < 1.29 is 4.74 Å². The Bertz CT molecular complexity index is 635. The lowest BCUT2D eigenvalue weighted by Gasteiger charge is -2.11. The Morgan fingerprint density at radius 2 is 2.00 bits per heavy atom. The van der Waals surface area contributed by atoms with Gasteiger partial charge in [0.15, 0.2) is 0 Å². The fourth-order valence-corrected chi connectivity index (χ4v) is 2.67. The minimum absolute atomic E-state index is 0.909. The SMILES string of the molecule is CNc1[c]c2c(c(OC)c1)-c1ccc(NC)cc1C2. The Morgan fingerprint density at radius 1 is 1.16 bits per heavy atom. The Labute approximate surface area is 113 Å². The molecule has 1 aliphatic carbocycles. The zero-order chi connectivity index (χ0) is 13.4. The van der Waals surface area contributed by atoms with E-state index < -0.39 is 0 Å². The fourth-order valence-electron chi connectivity index (χ4n) is 2.67. The second-order valence-electron chi connectivity index (χ2n) is 4.65. The van der Waals surface area contributed by atoms with Crippen molar-refractivity contribution in [1.82, 2.24) is 0 Å². The van der Waals surface area contributed by atoms with Crippen molar-refractivity contribution in [3.05, 3.63) is 41.5 Å². The average molecular weight is 253 g/mol. The fraction of sp³-hybridized carbons (Fsp3) is 0.250. The summed E-state index contributed by atoms with van der Waals surface area (Å²) in [6.07, 6.45) is 0.909. The molecule has 0 atom stereocenters. The molecular formula is C16H17N2O. The van der Waals surface area contributed by atoms with Crippen molar-refractivity contribution in [3.63, 3.8) is 0 Å². The quantitative estimate of drug-likeness (QED) is 0.752. The molecule has 3 rings (SSSR count). The van der Waals surface area contributed by atoms with Gasteiger partial charge >= 0.3 is 0 Å². The maximum Gasteiger partial charge on any atom is 0.129 e. The van der Waals surface area contributed by atoms with E-state index in [-0.39, 0.29) is 0 Å². The van der Waals surface area contributed by atoms with Gasteiger partial charge in [0.2, 0.25) is 0 Å². The zero-order valence-electron chi connectivity index (χ0n) is 11.4. The lowest BCUT2D eigenvalue weighted by atomic mass is 10.0. The number of hydrogen-bond acceptors (Lipinski definition) is 3. The van der Waals surface area contributed by atoms with Crippen LogP contribution in [-0.2, 0) is 6.42 Å². The standard InChI is InChI=1S/C16H17N2O/c1-17-12-4-5-14-10(7-12)6-11-8-13(18-2)9-15(19-3)16(11)14/h4-5,7,9,17-18H,6H2,1-3H3. The smallest absolute Gasteiger partial charge is 0.129 e. The summed E-state index contributed by atoms with van der Waals surface area (Å²) in [7, 11) is 5.56. The van der Waals surface area contributed by atoms with E-state index in [2.05, 4.69) is 34.9 Å². The summed E-state index contributed by atoms with van der Waals surface area (Å²) in [6, 6.07) is 11.9. The normalized spacial score (nSPS) is 11.7. The Hall–Kier alpha value is -2.16. The van der Waals surface area contributed by atoms with Gasteiger partial charge in [-0.05, 0) is 35.2 Å². The van der Waals surface area contributed by atoms with E-state index in [1.165, 1.54) is 22.3 Å². The summed E-state index contributed by atoms with van der Waals surface area (Å²) in [5, 5.41) is 6.31. The number of rotatable bonds is 3. The highest BCUT2D eigenvalue weighted by molar-refractivity contribution is 5.84. The monoisotopic (exact) mass is 253 g/mol. The summed E-state index contributed by atoms with van der Waals surface area (Å²) in [6.45, 7) is 0. The van der Waals surface area contributed by atoms with Gasteiger partial charge in [0, 0.05) is 43.2 Å². The topological polar surface area (TPSA) is 33.3 Å². The lowest BCUT2D eigenvalue weighted by molar-refractivity contribution is 0.416. The van der Waals surface area contributed by atoms with Crippen molar-refractivity contribution in [2.45, 2.75) is 6.42 Å². The highest BCUT2D eigenvalue weighted by Gasteiger charge is 2.23. The van der Waals surface area contributed by atoms with Crippen LogP contribution in [0.3, 0.4) is 0 Å². The first-order valence-electron chi connectivity index (χ1n) is 6.38. The van der Waals surface area contributed by atoms with E-state index in [4.69, 9.17) is 4.74 Å².